The minimum absolute atomic E-state index is 0. The summed E-state index contributed by atoms with van der Waals surface area (Å²) in [6, 6.07) is 6.45. The Balaban J connectivity index is 0.00000400. The normalized spacial score (nSPS) is 14.0. The summed E-state index contributed by atoms with van der Waals surface area (Å²) in [7, 11) is 1.65. The molecule has 0 radical (unpaired) electrons. The second kappa shape index (κ2) is 8.89. The fourth-order valence-electron chi connectivity index (χ4n) is 1.81. The summed E-state index contributed by atoms with van der Waals surface area (Å²) in [5.41, 5.74) is 0.538. The van der Waals surface area contributed by atoms with Crippen LogP contribution in [0.15, 0.2) is 30.3 Å². The number of alkyl halides is 3. The van der Waals surface area contributed by atoms with Crippen molar-refractivity contribution in [2.45, 2.75) is 25.6 Å². The van der Waals surface area contributed by atoms with Gasteiger partial charge in [0.2, 0.25) is 5.91 Å². The Labute approximate surface area is 128 Å². The molecule has 1 aromatic carbocycles. The van der Waals surface area contributed by atoms with Crippen LogP contribution in [-0.4, -0.2) is 31.7 Å². The number of carbonyl (C=O) groups is 1. The first-order valence-corrected chi connectivity index (χ1v) is 6.40. The molecule has 0 aliphatic carbocycles. The third-order valence-corrected chi connectivity index (χ3v) is 2.95. The van der Waals surface area contributed by atoms with Crippen LogP contribution < -0.4 is 10.6 Å². The summed E-state index contributed by atoms with van der Waals surface area (Å²) in [6.07, 6.45) is -4.73. The molecule has 0 spiro atoms. The molecule has 1 amide bonds. The zero-order chi connectivity index (χ0) is 15.2. The Morgan fingerprint density at radius 1 is 1.24 bits per heavy atom. The monoisotopic (exact) mass is 324 g/mol. The number of hydrogen-bond donors (Lipinski definition) is 2. The van der Waals surface area contributed by atoms with E-state index in [4.69, 9.17) is 0 Å². The third kappa shape index (κ3) is 6.82. The Morgan fingerprint density at radius 3 is 2.29 bits per heavy atom. The van der Waals surface area contributed by atoms with Crippen molar-refractivity contribution in [1.82, 2.24) is 10.6 Å². The van der Waals surface area contributed by atoms with E-state index >= 15 is 0 Å². The molecular weight excluding hydrogens is 305 g/mol. The molecule has 21 heavy (non-hydrogen) atoms. The first-order chi connectivity index (χ1) is 9.34. The Morgan fingerprint density at radius 2 is 1.81 bits per heavy atom. The predicted octanol–water partition coefficient (Wildman–Crippen LogP) is 2.55. The molecule has 0 heterocycles. The second-order valence-electron chi connectivity index (χ2n) is 4.75. The van der Waals surface area contributed by atoms with E-state index in [2.05, 4.69) is 10.6 Å². The highest BCUT2D eigenvalue weighted by molar-refractivity contribution is 5.85. The van der Waals surface area contributed by atoms with Crippen LogP contribution in [0.4, 0.5) is 13.2 Å². The molecule has 120 valence electrons. The van der Waals surface area contributed by atoms with Gasteiger partial charge < -0.3 is 10.6 Å². The topological polar surface area (TPSA) is 41.1 Å². The van der Waals surface area contributed by atoms with Gasteiger partial charge in [-0.3, -0.25) is 4.79 Å². The molecule has 1 aromatic rings. The van der Waals surface area contributed by atoms with Crippen LogP contribution >= 0.6 is 12.4 Å². The highest BCUT2D eigenvalue weighted by Crippen LogP contribution is 2.23. The van der Waals surface area contributed by atoms with E-state index < -0.39 is 24.0 Å². The fourth-order valence-corrected chi connectivity index (χ4v) is 1.81. The summed E-state index contributed by atoms with van der Waals surface area (Å²) in [6.45, 7) is 1.92. The first kappa shape index (κ1) is 19.7. The van der Waals surface area contributed by atoms with Gasteiger partial charge in [0.1, 0.15) is 6.04 Å². The molecule has 0 saturated heterocycles. The number of carbonyl (C=O) groups excluding carboxylic acids is 1. The summed E-state index contributed by atoms with van der Waals surface area (Å²) < 4.78 is 39.0. The van der Waals surface area contributed by atoms with E-state index in [0.717, 1.165) is 0 Å². The molecule has 1 rings (SSSR count). The Hall–Kier alpha value is -1.27. The van der Waals surface area contributed by atoms with E-state index in [1.807, 2.05) is 0 Å². The minimum atomic E-state index is -4.47. The average Bonchev–Trinajstić information content (AvgIpc) is 2.38. The van der Waals surface area contributed by atoms with Gasteiger partial charge in [0.25, 0.3) is 0 Å². The quantitative estimate of drug-likeness (QED) is 0.844. The number of halogens is 4. The fraction of sp³-hybridized carbons (Fsp3) is 0.500. The van der Waals surface area contributed by atoms with Gasteiger partial charge in [0.15, 0.2) is 0 Å². The van der Waals surface area contributed by atoms with Crippen LogP contribution in [0.3, 0.4) is 0 Å². The Bertz CT molecular complexity index is 426. The summed E-state index contributed by atoms with van der Waals surface area (Å²) in [5, 5.41) is 4.85. The van der Waals surface area contributed by atoms with Crippen molar-refractivity contribution in [2.24, 2.45) is 5.92 Å². The second-order valence-corrected chi connectivity index (χ2v) is 4.75. The highest BCUT2D eigenvalue weighted by Gasteiger charge is 2.41. The standard InChI is InChI=1S/C14H19F3N2O.ClH/c1-10(9-18-2)13(20)19-12(14(15,16)17)8-11-6-4-3-5-7-11;/h3-7,10,12,18H,8-9H2,1-2H3,(H,19,20);1H. The van der Waals surface area contributed by atoms with Crippen molar-refractivity contribution in [3.05, 3.63) is 35.9 Å². The van der Waals surface area contributed by atoms with Crippen LogP contribution in [0.1, 0.15) is 12.5 Å². The van der Waals surface area contributed by atoms with Gasteiger partial charge in [0.05, 0.1) is 0 Å². The zero-order valence-corrected chi connectivity index (χ0v) is 12.7. The first-order valence-electron chi connectivity index (χ1n) is 6.40. The zero-order valence-electron chi connectivity index (χ0n) is 11.9. The summed E-state index contributed by atoms with van der Waals surface area (Å²) in [5.74, 6) is -1.11. The number of amides is 1. The van der Waals surface area contributed by atoms with Crippen LogP contribution in [0.25, 0.3) is 0 Å². The van der Waals surface area contributed by atoms with Crippen molar-refractivity contribution in [3.8, 4) is 0 Å². The lowest BCUT2D eigenvalue weighted by atomic mass is 10.0. The van der Waals surface area contributed by atoms with Gasteiger partial charge in [-0.05, 0) is 12.6 Å². The molecule has 0 fully saturated rings. The van der Waals surface area contributed by atoms with Crippen molar-refractivity contribution in [1.29, 1.82) is 0 Å². The number of rotatable bonds is 6. The number of benzene rings is 1. The third-order valence-electron chi connectivity index (χ3n) is 2.95. The lowest BCUT2D eigenvalue weighted by Crippen LogP contribution is -2.49. The van der Waals surface area contributed by atoms with Gasteiger partial charge in [-0.1, -0.05) is 37.3 Å². The number of nitrogens with one attached hydrogen (secondary N) is 2. The maximum absolute atomic E-state index is 13.0. The maximum atomic E-state index is 13.0. The van der Waals surface area contributed by atoms with E-state index in [1.165, 1.54) is 0 Å². The molecular formula is C14H20ClF3N2O. The van der Waals surface area contributed by atoms with E-state index in [1.54, 1.807) is 44.3 Å². The van der Waals surface area contributed by atoms with Gasteiger partial charge in [-0.2, -0.15) is 13.2 Å². The van der Waals surface area contributed by atoms with Crippen LogP contribution in [0.5, 0.6) is 0 Å². The van der Waals surface area contributed by atoms with Crippen molar-refractivity contribution in [2.75, 3.05) is 13.6 Å². The van der Waals surface area contributed by atoms with E-state index in [-0.39, 0.29) is 18.8 Å². The molecule has 7 heteroatoms. The van der Waals surface area contributed by atoms with Gasteiger partial charge in [-0.15, -0.1) is 12.4 Å². The number of hydrogen-bond acceptors (Lipinski definition) is 2. The molecule has 2 unspecified atom stereocenters. The molecule has 0 bridgehead atoms. The van der Waals surface area contributed by atoms with Crippen LogP contribution in [-0.2, 0) is 11.2 Å². The van der Waals surface area contributed by atoms with Crippen molar-refractivity contribution < 1.29 is 18.0 Å². The maximum Gasteiger partial charge on any atom is 0.408 e. The van der Waals surface area contributed by atoms with Crippen LogP contribution in [0, 0.1) is 5.92 Å². The van der Waals surface area contributed by atoms with Crippen molar-refractivity contribution in [3.63, 3.8) is 0 Å². The molecule has 0 aromatic heterocycles. The van der Waals surface area contributed by atoms with Crippen LogP contribution in [0.2, 0.25) is 0 Å². The molecule has 0 saturated carbocycles. The van der Waals surface area contributed by atoms with E-state index in [0.29, 0.717) is 12.1 Å². The minimum Gasteiger partial charge on any atom is -0.344 e. The Kier molecular flexibility index (Phi) is 8.36. The van der Waals surface area contributed by atoms with Gasteiger partial charge >= 0.3 is 6.18 Å². The molecule has 3 nitrogen and oxygen atoms in total. The van der Waals surface area contributed by atoms with Gasteiger partial charge in [-0.25, -0.2) is 0 Å². The predicted molar refractivity (Wildman–Crippen MR) is 78.5 cm³/mol. The molecule has 0 aliphatic heterocycles. The largest absolute Gasteiger partial charge is 0.408 e. The highest BCUT2D eigenvalue weighted by atomic mass is 35.5. The summed E-state index contributed by atoms with van der Waals surface area (Å²) >= 11 is 0. The SMILES string of the molecule is CNCC(C)C(=O)NC(Cc1ccccc1)C(F)(F)F.Cl. The molecule has 2 N–H and O–H groups in total. The smallest absolute Gasteiger partial charge is 0.344 e. The molecule has 0 aliphatic rings. The summed E-state index contributed by atoms with van der Waals surface area (Å²) in [4.78, 5) is 11.7. The lowest BCUT2D eigenvalue weighted by molar-refractivity contribution is -0.162. The lowest BCUT2D eigenvalue weighted by Gasteiger charge is -2.23. The molecule has 2 atom stereocenters. The van der Waals surface area contributed by atoms with Crippen molar-refractivity contribution >= 4 is 18.3 Å². The van der Waals surface area contributed by atoms with Gasteiger partial charge in [0, 0.05) is 18.9 Å². The average molecular weight is 325 g/mol. The van der Waals surface area contributed by atoms with E-state index in [9.17, 15) is 18.0 Å².